The molecule has 0 radical (unpaired) electrons. The molecular formula is C11H14BrClFNO2S. The molecule has 0 heterocycles. The van der Waals surface area contributed by atoms with Gasteiger partial charge in [-0.3, -0.25) is 0 Å². The zero-order valence-electron chi connectivity index (χ0n) is 9.79. The van der Waals surface area contributed by atoms with Crippen LogP contribution in [-0.2, 0) is 10.0 Å². The minimum atomic E-state index is -3.81. The van der Waals surface area contributed by atoms with Crippen molar-refractivity contribution in [2.24, 2.45) is 5.92 Å². The minimum absolute atomic E-state index is 0.107. The summed E-state index contributed by atoms with van der Waals surface area (Å²) in [5.74, 6) is -0.201. The third-order valence-electron chi connectivity index (χ3n) is 2.41. The van der Waals surface area contributed by atoms with Crippen LogP contribution in [0.25, 0.3) is 0 Å². The van der Waals surface area contributed by atoms with Crippen molar-refractivity contribution in [3.63, 3.8) is 0 Å². The molecule has 0 aliphatic carbocycles. The Hall–Kier alpha value is -0.170. The van der Waals surface area contributed by atoms with Crippen molar-refractivity contribution < 1.29 is 12.8 Å². The second-order valence-electron chi connectivity index (χ2n) is 4.01. The summed E-state index contributed by atoms with van der Waals surface area (Å²) in [6.45, 7) is 2.12. The lowest BCUT2D eigenvalue weighted by molar-refractivity contribution is 0.522. The van der Waals surface area contributed by atoms with Gasteiger partial charge in [-0.25, -0.2) is 17.5 Å². The van der Waals surface area contributed by atoms with Crippen molar-refractivity contribution in [2.45, 2.75) is 18.2 Å². The van der Waals surface area contributed by atoms with Crippen LogP contribution in [0.3, 0.4) is 0 Å². The van der Waals surface area contributed by atoms with Gasteiger partial charge in [-0.1, -0.05) is 22.9 Å². The van der Waals surface area contributed by atoms with E-state index < -0.39 is 15.8 Å². The Morgan fingerprint density at radius 3 is 2.72 bits per heavy atom. The standard InChI is InChI=1S/C11H14BrClFNO2S/c1-8(4-5-13)7-15-18(16,17)11-3-2-9(12)6-10(11)14/h2-3,6,8,15H,4-5,7H2,1H3. The summed E-state index contributed by atoms with van der Waals surface area (Å²) < 4.78 is 40.2. The Balaban J connectivity index is 2.80. The number of hydrogen-bond acceptors (Lipinski definition) is 2. The van der Waals surface area contributed by atoms with Gasteiger partial charge < -0.3 is 0 Å². The van der Waals surface area contributed by atoms with Gasteiger partial charge in [-0.05, 0) is 30.5 Å². The molecule has 0 aliphatic rings. The quantitative estimate of drug-likeness (QED) is 0.794. The number of rotatable bonds is 6. The number of benzene rings is 1. The van der Waals surface area contributed by atoms with Crippen LogP contribution >= 0.6 is 27.5 Å². The number of hydrogen-bond donors (Lipinski definition) is 1. The summed E-state index contributed by atoms with van der Waals surface area (Å²) >= 11 is 8.64. The van der Waals surface area contributed by atoms with Gasteiger partial charge in [0.15, 0.2) is 0 Å². The van der Waals surface area contributed by atoms with E-state index in [-0.39, 0.29) is 17.4 Å². The highest BCUT2D eigenvalue weighted by Crippen LogP contribution is 2.19. The summed E-state index contributed by atoms with van der Waals surface area (Å²) in [6.07, 6.45) is 0.701. The van der Waals surface area contributed by atoms with Crippen molar-refractivity contribution in [3.05, 3.63) is 28.5 Å². The summed E-state index contributed by atoms with van der Waals surface area (Å²) in [7, 11) is -3.81. The highest BCUT2D eigenvalue weighted by Gasteiger charge is 2.19. The van der Waals surface area contributed by atoms with Crippen LogP contribution in [0.15, 0.2) is 27.6 Å². The first-order valence-corrected chi connectivity index (χ1v) is 8.18. The molecular weight excluding hydrogens is 345 g/mol. The third kappa shape index (κ3) is 4.50. The van der Waals surface area contributed by atoms with E-state index in [1.54, 1.807) is 0 Å². The molecule has 0 aliphatic heterocycles. The van der Waals surface area contributed by atoms with Crippen LogP contribution in [0.4, 0.5) is 4.39 Å². The minimum Gasteiger partial charge on any atom is -0.211 e. The summed E-state index contributed by atoms with van der Waals surface area (Å²) in [5, 5.41) is 0. The van der Waals surface area contributed by atoms with Crippen LogP contribution in [0.5, 0.6) is 0 Å². The Morgan fingerprint density at radius 1 is 1.50 bits per heavy atom. The predicted octanol–water partition coefficient (Wildman–Crippen LogP) is 3.13. The summed E-state index contributed by atoms with van der Waals surface area (Å²) in [5.41, 5.74) is 0. The molecule has 0 amide bonds. The first-order valence-electron chi connectivity index (χ1n) is 5.37. The average molecular weight is 359 g/mol. The zero-order valence-corrected chi connectivity index (χ0v) is 12.9. The van der Waals surface area contributed by atoms with E-state index in [0.717, 1.165) is 6.07 Å². The van der Waals surface area contributed by atoms with Crippen LogP contribution < -0.4 is 4.72 Å². The highest BCUT2D eigenvalue weighted by atomic mass is 79.9. The van der Waals surface area contributed by atoms with Crippen LogP contribution in [-0.4, -0.2) is 20.8 Å². The molecule has 1 unspecified atom stereocenters. The second kappa shape index (κ2) is 6.84. The van der Waals surface area contributed by atoms with Gasteiger partial charge >= 0.3 is 0 Å². The number of nitrogens with one attached hydrogen (secondary N) is 1. The maximum atomic E-state index is 13.5. The Morgan fingerprint density at radius 2 is 2.17 bits per heavy atom. The van der Waals surface area contributed by atoms with E-state index in [1.165, 1.54) is 12.1 Å². The molecule has 0 aromatic heterocycles. The smallest absolute Gasteiger partial charge is 0.211 e. The van der Waals surface area contributed by atoms with Gasteiger partial charge in [-0.2, -0.15) is 0 Å². The maximum absolute atomic E-state index is 13.5. The largest absolute Gasteiger partial charge is 0.243 e. The lowest BCUT2D eigenvalue weighted by Crippen LogP contribution is -2.29. The molecule has 0 saturated heterocycles. The molecule has 1 rings (SSSR count). The second-order valence-corrected chi connectivity index (χ2v) is 7.04. The van der Waals surface area contributed by atoms with E-state index in [9.17, 15) is 12.8 Å². The van der Waals surface area contributed by atoms with Gasteiger partial charge in [0.25, 0.3) is 0 Å². The fourth-order valence-corrected chi connectivity index (χ4v) is 3.24. The van der Waals surface area contributed by atoms with E-state index in [4.69, 9.17) is 11.6 Å². The number of halogens is 3. The van der Waals surface area contributed by atoms with Crippen molar-refractivity contribution in [2.75, 3.05) is 12.4 Å². The molecule has 1 aromatic rings. The summed E-state index contributed by atoms with van der Waals surface area (Å²) in [6, 6.07) is 3.84. The third-order valence-corrected chi connectivity index (χ3v) is 4.58. The van der Waals surface area contributed by atoms with Crippen molar-refractivity contribution >= 4 is 37.6 Å². The maximum Gasteiger partial charge on any atom is 0.243 e. The molecule has 18 heavy (non-hydrogen) atoms. The SMILES string of the molecule is CC(CCCl)CNS(=O)(=O)c1ccc(Br)cc1F. The molecule has 1 aromatic carbocycles. The molecule has 102 valence electrons. The van der Waals surface area contributed by atoms with Crippen LogP contribution in [0, 0.1) is 11.7 Å². The lowest BCUT2D eigenvalue weighted by atomic mass is 10.1. The molecule has 7 heteroatoms. The molecule has 0 saturated carbocycles. The zero-order chi connectivity index (χ0) is 13.8. The number of sulfonamides is 1. The Labute approximate surface area is 120 Å². The topological polar surface area (TPSA) is 46.2 Å². The van der Waals surface area contributed by atoms with E-state index >= 15 is 0 Å². The molecule has 3 nitrogen and oxygen atoms in total. The van der Waals surface area contributed by atoms with Gasteiger partial charge in [0.1, 0.15) is 10.7 Å². The van der Waals surface area contributed by atoms with Crippen molar-refractivity contribution in [3.8, 4) is 0 Å². The normalized spacial score (nSPS) is 13.6. The van der Waals surface area contributed by atoms with Crippen molar-refractivity contribution in [1.29, 1.82) is 0 Å². The number of alkyl halides is 1. The van der Waals surface area contributed by atoms with E-state index in [0.29, 0.717) is 16.8 Å². The first kappa shape index (κ1) is 15.9. The van der Waals surface area contributed by atoms with Crippen LogP contribution in [0.2, 0.25) is 0 Å². The lowest BCUT2D eigenvalue weighted by Gasteiger charge is -2.12. The van der Waals surface area contributed by atoms with Gasteiger partial charge in [-0.15, -0.1) is 11.6 Å². The predicted molar refractivity (Wildman–Crippen MR) is 73.8 cm³/mol. The van der Waals surface area contributed by atoms with E-state index in [1.807, 2.05) is 6.92 Å². The Kier molecular flexibility index (Phi) is 6.04. The molecule has 0 spiro atoms. The van der Waals surface area contributed by atoms with Gasteiger partial charge in [0.05, 0.1) is 0 Å². The fraction of sp³-hybridized carbons (Fsp3) is 0.455. The fourth-order valence-electron chi connectivity index (χ4n) is 1.31. The highest BCUT2D eigenvalue weighted by molar-refractivity contribution is 9.10. The van der Waals surface area contributed by atoms with Gasteiger partial charge in [0, 0.05) is 16.9 Å². The molecule has 0 fully saturated rings. The molecule has 1 atom stereocenters. The first-order chi connectivity index (χ1) is 8.36. The van der Waals surface area contributed by atoms with Crippen molar-refractivity contribution in [1.82, 2.24) is 4.72 Å². The monoisotopic (exact) mass is 357 g/mol. The Bertz CT molecular complexity index is 510. The molecule has 1 N–H and O–H groups in total. The average Bonchev–Trinajstić information content (AvgIpc) is 2.26. The summed E-state index contributed by atoms with van der Waals surface area (Å²) in [4.78, 5) is -0.344. The van der Waals surface area contributed by atoms with Gasteiger partial charge in [0.2, 0.25) is 10.0 Å². The molecule has 0 bridgehead atoms. The van der Waals surface area contributed by atoms with Crippen LogP contribution in [0.1, 0.15) is 13.3 Å². The van der Waals surface area contributed by atoms with E-state index in [2.05, 4.69) is 20.7 Å².